The quantitative estimate of drug-likeness (QED) is 0.595. The molecule has 26 heavy (non-hydrogen) atoms. The van der Waals surface area contributed by atoms with Crippen LogP contribution in [0.25, 0.3) is 0 Å². The molecule has 1 amide bonds. The van der Waals surface area contributed by atoms with E-state index in [0.717, 1.165) is 11.1 Å². The van der Waals surface area contributed by atoms with Gasteiger partial charge in [-0.2, -0.15) is 0 Å². The molecule has 0 radical (unpaired) electrons. The topological polar surface area (TPSA) is 90.7 Å². The molecule has 2 aromatic carbocycles. The summed E-state index contributed by atoms with van der Waals surface area (Å²) >= 11 is 0. The van der Waals surface area contributed by atoms with Gasteiger partial charge in [-0.3, -0.25) is 14.9 Å². The lowest BCUT2D eigenvalue weighted by Crippen LogP contribution is -2.14. The number of rotatable bonds is 7. The first kappa shape index (κ1) is 19.4. The average molecular weight is 358 g/mol. The number of carbonyl (C=O) groups excluding carboxylic acids is 1. The van der Waals surface area contributed by atoms with Crippen LogP contribution in [0, 0.1) is 17.0 Å². The summed E-state index contributed by atoms with van der Waals surface area (Å²) in [4.78, 5) is 23.0. The lowest BCUT2D eigenvalue weighted by molar-refractivity contribution is -0.384. The van der Waals surface area contributed by atoms with Crippen molar-refractivity contribution in [3.8, 4) is 5.75 Å². The van der Waals surface area contributed by atoms with Crippen LogP contribution in [0.2, 0.25) is 0 Å². The number of ether oxygens (including phenoxy) is 2. The molecule has 0 aliphatic heterocycles. The highest BCUT2D eigenvalue weighted by Gasteiger charge is 2.14. The minimum atomic E-state index is -0.496. The van der Waals surface area contributed by atoms with Crippen molar-refractivity contribution in [2.24, 2.45) is 0 Å². The molecule has 0 aliphatic rings. The van der Waals surface area contributed by atoms with Crippen LogP contribution >= 0.6 is 0 Å². The van der Waals surface area contributed by atoms with Crippen molar-refractivity contribution in [1.29, 1.82) is 0 Å². The van der Waals surface area contributed by atoms with Crippen molar-refractivity contribution in [1.82, 2.24) is 0 Å². The number of amides is 1. The molecule has 0 aliphatic carbocycles. The molecule has 7 heteroatoms. The summed E-state index contributed by atoms with van der Waals surface area (Å²) in [5.41, 5.74) is 2.23. The number of nitro groups is 1. The van der Waals surface area contributed by atoms with Gasteiger partial charge < -0.3 is 14.8 Å². The summed E-state index contributed by atoms with van der Waals surface area (Å²) in [5.74, 6) is 0.274. The maximum atomic E-state index is 12.6. The van der Waals surface area contributed by atoms with Crippen LogP contribution in [-0.4, -0.2) is 24.0 Å². The molecule has 2 aromatic rings. The molecule has 0 spiro atoms. The second-order valence-electron chi connectivity index (χ2n) is 6.10. The van der Waals surface area contributed by atoms with Gasteiger partial charge in [-0.25, -0.2) is 0 Å². The zero-order valence-electron chi connectivity index (χ0n) is 15.2. The van der Waals surface area contributed by atoms with E-state index in [9.17, 15) is 14.9 Å². The number of non-ortho nitro benzene ring substituents is 1. The van der Waals surface area contributed by atoms with Gasteiger partial charge in [0.15, 0.2) is 0 Å². The summed E-state index contributed by atoms with van der Waals surface area (Å²) in [6.07, 6.45) is 0.0460. The van der Waals surface area contributed by atoms with Crippen molar-refractivity contribution in [3.63, 3.8) is 0 Å². The third-order valence-electron chi connectivity index (χ3n) is 3.79. The van der Waals surface area contributed by atoms with Gasteiger partial charge in [0, 0.05) is 23.3 Å². The molecule has 0 heterocycles. The van der Waals surface area contributed by atoms with Gasteiger partial charge in [0.2, 0.25) is 0 Å². The maximum Gasteiger partial charge on any atom is 0.271 e. The summed E-state index contributed by atoms with van der Waals surface area (Å²) in [6.45, 7) is 5.94. The monoisotopic (exact) mass is 358 g/mol. The summed E-state index contributed by atoms with van der Waals surface area (Å²) in [6, 6.07) is 9.39. The normalized spacial score (nSPS) is 10.7. The van der Waals surface area contributed by atoms with E-state index in [0.29, 0.717) is 23.6 Å². The summed E-state index contributed by atoms with van der Waals surface area (Å²) in [7, 11) is 1.56. The van der Waals surface area contributed by atoms with Crippen molar-refractivity contribution < 1.29 is 19.2 Å². The first-order valence-corrected chi connectivity index (χ1v) is 8.16. The van der Waals surface area contributed by atoms with Gasteiger partial charge in [-0.05, 0) is 44.5 Å². The van der Waals surface area contributed by atoms with E-state index in [1.807, 2.05) is 13.8 Å². The first-order valence-electron chi connectivity index (χ1n) is 8.16. The highest BCUT2D eigenvalue weighted by atomic mass is 16.6. The molecule has 0 atom stereocenters. The van der Waals surface area contributed by atoms with E-state index in [2.05, 4.69) is 5.32 Å². The average Bonchev–Trinajstić information content (AvgIpc) is 2.61. The second kappa shape index (κ2) is 8.44. The summed E-state index contributed by atoms with van der Waals surface area (Å²) < 4.78 is 10.9. The van der Waals surface area contributed by atoms with E-state index >= 15 is 0 Å². The molecule has 0 saturated carbocycles. The minimum Gasteiger partial charge on any atom is -0.496 e. The Morgan fingerprint density at radius 1 is 1.23 bits per heavy atom. The number of nitrogens with one attached hydrogen (secondary N) is 1. The number of aryl methyl sites for hydroxylation is 1. The Kier molecular flexibility index (Phi) is 6.30. The zero-order valence-corrected chi connectivity index (χ0v) is 15.2. The molecule has 2 rings (SSSR count). The van der Waals surface area contributed by atoms with E-state index in [1.165, 1.54) is 12.1 Å². The Morgan fingerprint density at radius 2 is 1.96 bits per heavy atom. The lowest BCUT2D eigenvalue weighted by atomic mass is 10.1. The Bertz CT molecular complexity index is 818. The van der Waals surface area contributed by atoms with E-state index in [1.54, 1.807) is 38.3 Å². The number of methoxy groups -OCH3 is 1. The number of hydrogen-bond donors (Lipinski definition) is 1. The fraction of sp³-hybridized carbons (Fsp3) is 0.316. The highest BCUT2D eigenvalue weighted by Crippen LogP contribution is 2.25. The molecule has 7 nitrogen and oxygen atoms in total. The van der Waals surface area contributed by atoms with Crippen molar-refractivity contribution >= 4 is 17.3 Å². The van der Waals surface area contributed by atoms with E-state index < -0.39 is 4.92 Å². The second-order valence-corrected chi connectivity index (χ2v) is 6.10. The SMILES string of the molecule is COc1ccc(C(=O)Nc2cc([N+](=O)[O-])ccc2C)cc1COC(C)C. The van der Waals surface area contributed by atoms with Gasteiger partial charge in [0.25, 0.3) is 11.6 Å². The van der Waals surface area contributed by atoms with Crippen molar-refractivity contribution in [2.75, 3.05) is 12.4 Å². The molecular weight excluding hydrogens is 336 g/mol. The molecular formula is C19H22N2O5. The van der Waals surface area contributed by atoms with Crippen LogP contribution in [0.4, 0.5) is 11.4 Å². The van der Waals surface area contributed by atoms with Crippen LogP contribution in [0.1, 0.15) is 35.3 Å². The molecule has 0 unspecified atom stereocenters. The predicted octanol–water partition coefficient (Wildman–Crippen LogP) is 4.09. The molecule has 0 bridgehead atoms. The van der Waals surface area contributed by atoms with Gasteiger partial charge >= 0.3 is 0 Å². The molecule has 0 fully saturated rings. The molecule has 1 N–H and O–H groups in total. The Balaban J connectivity index is 2.25. The Morgan fingerprint density at radius 3 is 2.58 bits per heavy atom. The maximum absolute atomic E-state index is 12.6. The fourth-order valence-corrected chi connectivity index (χ4v) is 2.34. The highest BCUT2D eigenvalue weighted by molar-refractivity contribution is 6.05. The van der Waals surface area contributed by atoms with Gasteiger partial charge in [0.05, 0.1) is 30.4 Å². The molecule has 0 saturated heterocycles. The number of carbonyl (C=O) groups is 1. The predicted molar refractivity (Wildman–Crippen MR) is 98.7 cm³/mol. The minimum absolute atomic E-state index is 0.0460. The van der Waals surface area contributed by atoms with Crippen LogP contribution in [0.3, 0.4) is 0 Å². The fourth-order valence-electron chi connectivity index (χ4n) is 2.34. The van der Waals surface area contributed by atoms with Crippen LogP contribution in [0.5, 0.6) is 5.75 Å². The summed E-state index contributed by atoms with van der Waals surface area (Å²) in [5, 5.41) is 13.7. The smallest absolute Gasteiger partial charge is 0.271 e. The first-order chi connectivity index (χ1) is 12.3. The van der Waals surface area contributed by atoms with Crippen molar-refractivity contribution in [3.05, 3.63) is 63.2 Å². The van der Waals surface area contributed by atoms with Crippen LogP contribution in [0.15, 0.2) is 36.4 Å². The number of nitrogens with zero attached hydrogens (tertiary/aromatic N) is 1. The number of hydrogen-bond acceptors (Lipinski definition) is 5. The van der Waals surface area contributed by atoms with Crippen LogP contribution < -0.4 is 10.1 Å². The Hall–Kier alpha value is -2.93. The van der Waals surface area contributed by atoms with Crippen LogP contribution in [-0.2, 0) is 11.3 Å². The van der Waals surface area contributed by atoms with Crippen molar-refractivity contribution in [2.45, 2.75) is 33.5 Å². The number of benzene rings is 2. The largest absolute Gasteiger partial charge is 0.496 e. The number of anilines is 1. The molecule has 138 valence electrons. The lowest BCUT2D eigenvalue weighted by Gasteiger charge is -2.13. The van der Waals surface area contributed by atoms with Gasteiger partial charge in [-0.1, -0.05) is 6.07 Å². The zero-order chi connectivity index (χ0) is 19.3. The molecule has 0 aromatic heterocycles. The van der Waals surface area contributed by atoms with Gasteiger partial charge in [0.1, 0.15) is 5.75 Å². The number of nitro benzene ring substituents is 1. The Labute approximate surface area is 152 Å². The van der Waals surface area contributed by atoms with E-state index in [-0.39, 0.29) is 17.7 Å². The van der Waals surface area contributed by atoms with E-state index in [4.69, 9.17) is 9.47 Å². The third kappa shape index (κ3) is 4.80. The standard InChI is InChI=1S/C19H22N2O5/c1-12(2)26-11-15-9-14(6-8-18(15)25-4)19(22)20-17-10-16(21(23)24)7-5-13(17)3/h5-10,12H,11H2,1-4H3,(H,20,22). The third-order valence-corrected chi connectivity index (χ3v) is 3.79. The van der Waals surface area contributed by atoms with Gasteiger partial charge in [-0.15, -0.1) is 0 Å².